The lowest BCUT2D eigenvalue weighted by Crippen LogP contribution is -2.08. The van der Waals surface area contributed by atoms with E-state index >= 15 is 0 Å². The molecule has 0 heterocycles. The van der Waals surface area contributed by atoms with Crippen molar-refractivity contribution in [2.45, 2.75) is 6.18 Å². The van der Waals surface area contributed by atoms with E-state index in [2.05, 4.69) is 15.9 Å². The van der Waals surface area contributed by atoms with Crippen molar-refractivity contribution < 1.29 is 17.6 Å². The molecule has 1 aromatic rings. The summed E-state index contributed by atoms with van der Waals surface area (Å²) < 4.78 is 48.7. The van der Waals surface area contributed by atoms with Crippen LogP contribution in [-0.2, 0) is 6.18 Å². The van der Waals surface area contributed by atoms with Crippen LogP contribution in [0.1, 0.15) is 5.56 Å². The normalized spacial score (nSPS) is 11.8. The second-order valence-electron chi connectivity index (χ2n) is 2.22. The van der Waals surface area contributed by atoms with Crippen LogP contribution in [0.15, 0.2) is 16.6 Å². The minimum atomic E-state index is -4.70. The molecule has 0 bridgehead atoms. The van der Waals surface area contributed by atoms with Crippen LogP contribution < -0.4 is 0 Å². The van der Waals surface area contributed by atoms with Gasteiger partial charge in [-0.05, 0) is 28.1 Å². The first-order chi connectivity index (χ1) is 5.84. The molecule has 1 rings (SSSR count). The minimum Gasteiger partial charge on any atom is -0.205 e. The van der Waals surface area contributed by atoms with Crippen LogP contribution in [0.2, 0.25) is 5.02 Å². The molecular weight excluding hydrogens is 275 g/mol. The molecule has 0 atom stereocenters. The van der Waals surface area contributed by atoms with Gasteiger partial charge in [-0.25, -0.2) is 4.39 Å². The summed E-state index contributed by atoms with van der Waals surface area (Å²) in [5.74, 6) is -1.39. The number of benzene rings is 1. The van der Waals surface area contributed by atoms with Crippen molar-refractivity contribution in [3.05, 3.63) is 33.0 Å². The molecule has 0 saturated carbocycles. The van der Waals surface area contributed by atoms with Gasteiger partial charge in [-0.15, -0.1) is 0 Å². The quantitative estimate of drug-likeness (QED) is 0.491. The molecule has 72 valence electrons. The molecule has 0 nitrogen and oxygen atoms in total. The summed E-state index contributed by atoms with van der Waals surface area (Å²) >= 11 is 8.00. The number of alkyl halides is 3. The molecule has 0 saturated heterocycles. The molecule has 6 heteroatoms. The summed E-state index contributed by atoms with van der Waals surface area (Å²) in [5, 5.41) is -0.0921. The number of halogens is 6. The first-order valence-electron chi connectivity index (χ1n) is 3.04. The van der Waals surface area contributed by atoms with E-state index in [4.69, 9.17) is 11.6 Å². The maximum absolute atomic E-state index is 12.9. The van der Waals surface area contributed by atoms with Crippen LogP contribution >= 0.6 is 27.5 Å². The van der Waals surface area contributed by atoms with Crippen LogP contribution in [-0.4, -0.2) is 0 Å². The predicted molar refractivity (Wildman–Crippen MR) is 44.1 cm³/mol. The third-order valence-electron chi connectivity index (χ3n) is 1.34. The highest BCUT2D eigenvalue weighted by atomic mass is 79.9. The molecule has 0 aliphatic rings. The average Bonchev–Trinajstić information content (AvgIpc) is 1.98. The van der Waals surface area contributed by atoms with Gasteiger partial charge in [0.1, 0.15) is 0 Å². The van der Waals surface area contributed by atoms with E-state index in [0.29, 0.717) is 6.07 Å². The van der Waals surface area contributed by atoms with Gasteiger partial charge in [0, 0.05) is 0 Å². The van der Waals surface area contributed by atoms with Gasteiger partial charge in [-0.3, -0.25) is 0 Å². The Hall–Kier alpha value is -0.290. The van der Waals surface area contributed by atoms with Crippen molar-refractivity contribution in [3.63, 3.8) is 0 Å². The average molecular weight is 277 g/mol. The molecule has 13 heavy (non-hydrogen) atoms. The van der Waals surface area contributed by atoms with Crippen LogP contribution in [0.5, 0.6) is 0 Å². The topological polar surface area (TPSA) is 0 Å². The van der Waals surface area contributed by atoms with Crippen LogP contribution in [0.25, 0.3) is 0 Å². The van der Waals surface area contributed by atoms with Crippen LogP contribution in [0, 0.1) is 5.82 Å². The maximum Gasteiger partial charge on any atom is 0.419 e. The molecule has 0 N–H and O–H groups in total. The maximum atomic E-state index is 12.9. The summed E-state index contributed by atoms with van der Waals surface area (Å²) in [6.07, 6.45) is -4.70. The zero-order valence-corrected chi connectivity index (χ0v) is 8.26. The first kappa shape index (κ1) is 10.8. The van der Waals surface area contributed by atoms with E-state index in [0.717, 1.165) is 6.07 Å². The lowest BCUT2D eigenvalue weighted by Gasteiger charge is -2.09. The van der Waals surface area contributed by atoms with E-state index in [9.17, 15) is 17.6 Å². The molecule has 1 aromatic carbocycles. The summed E-state index contributed by atoms with van der Waals surface area (Å²) in [6.45, 7) is 0. The highest BCUT2D eigenvalue weighted by molar-refractivity contribution is 9.10. The van der Waals surface area contributed by atoms with E-state index in [-0.39, 0.29) is 9.50 Å². The number of hydrogen-bond donors (Lipinski definition) is 0. The van der Waals surface area contributed by atoms with Crippen molar-refractivity contribution >= 4 is 27.5 Å². The summed E-state index contributed by atoms with van der Waals surface area (Å²) in [7, 11) is 0. The zero-order chi connectivity index (χ0) is 10.2. The standard InChI is InChI=1S/C7H2BrClF4/c8-5-4(9)2-1-3(6(5)10)7(11,12)13/h1-2H. The monoisotopic (exact) mass is 276 g/mol. The number of hydrogen-bond acceptors (Lipinski definition) is 0. The van der Waals surface area contributed by atoms with E-state index in [1.807, 2.05) is 0 Å². The molecule has 0 aliphatic heterocycles. The Morgan fingerprint density at radius 3 is 2.23 bits per heavy atom. The van der Waals surface area contributed by atoms with Gasteiger partial charge in [-0.1, -0.05) is 11.6 Å². The Morgan fingerprint density at radius 2 is 1.77 bits per heavy atom. The molecular formula is C7H2BrClF4. The molecule has 0 radical (unpaired) electrons. The van der Waals surface area contributed by atoms with Crippen LogP contribution in [0.4, 0.5) is 17.6 Å². The Bertz CT molecular complexity index is 334. The van der Waals surface area contributed by atoms with Crippen molar-refractivity contribution in [2.24, 2.45) is 0 Å². The fourth-order valence-electron chi connectivity index (χ4n) is 0.745. The fourth-order valence-corrected chi connectivity index (χ4v) is 1.24. The van der Waals surface area contributed by atoms with Crippen LogP contribution in [0.3, 0.4) is 0 Å². The van der Waals surface area contributed by atoms with Crippen molar-refractivity contribution in [1.82, 2.24) is 0 Å². The van der Waals surface area contributed by atoms with E-state index < -0.39 is 17.6 Å². The predicted octanol–water partition coefficient (Wildman–Crippen LogP) is 4.26. The summed E-state index contributed by atoms with van der Waals surface area (Å²) in [5.41, 5.74) is -1.33. The van der Waals surface area contributed by atoms with Gasteiger partial charge < -0.3 is 0 Å². The second-order valence-corrected chi connectivity index (χ2v) is 3.42. The van der Waals surface area contributed by atoms with Gasteiger partial charge in [0.2, 0.25) is 0 Å². The first-order valence-corrected chi connectivity index (χ1v) is 4.22. The van der Waals surface area contributed by atoms with Crippen molar-refractivity contribution in [1.29, 1.82) is 0 Å². The Labute approximate surface area is 84.6 Å². The molecule has 0 unspecified atom stereocenters. The number of rotatable bonds is 0. The highest BCUT2D eigenvalue weighted by Gasteiger charge is 2.35. The summed E-state index contributed by atoms with van der Waals surface area (Å²) in [6, 6.07) is 1.58. The molecule has 0 aromatic heterocycles. The lowest BCUT2D eigenvalue weighted by atomic mass is 10.2. The zero-order valence-electron chi connectivity index (χ0n) is 5.92. The lowest BCUT2D eigenvalue weighted by molar-refractivity contribution is -0.140. The van der Waals surface area contributed by atoms with Crippen molar-refractivity contribution in [2.75, 3.05) is 0 Å². The highest BCUT2D eigenvalue weighted by Crippen LogP contribution is 2.36. The van der Waals surface area contributed by atoms with E-state index in [1.165, 1.54) is 0 Å². The van der Waals surface area contributed by atoms with Gasteiger partial charge in [0.05, 0.1) is 15.1 Å². The SMILES string of the molecule is Fc1c(C(F)(F)F)ccc(Cl)c1Br. The molecule has 0 amide bonds. The second kappa shape index (κ2) is 3.46. The Kier molecular flexibility index (Phi) is 2.87. The van der Waals surface area contributed by atoms with Crippen molar-refractivity contribution in [3.8, 4) is 0 Å². The molecule has 0 aliphatic carbocycles. The van der Waals surface area contributed by atoms with Gasteiger partial charge in [0.15, 0.2) is 5.82 Å². The Morgan fingerprint density at radius 1 is 1.23 bits per heavy atom. The largest absolute Gasteiger partial charge is 0.419 e. The van der Waals surface area contributed by atoms with Gasteiger partial charge in [-0.2, -0.15) is 13.2 Å². The third kappa shape index (κ3) is 2.14. The van der Waals surface area contributed by atoms with Gasteiger partial charge in [0.25, 0.3) is 0 Å². The molecule has 0 fully saturated rings. The third-order valence-corrected chi connectivity index (χ3v) is 2.66. The summed E-state index contributed by atoms with van der Waals surface area (Å²) in [4.78, 5) is 0. The molecule has 0 spiro atoms. The van der Waals surface area contributed by atoms with Gasteiger partial charge >= 0.3 is 6.18 Å². The fraction of sp³-hybridized carbons (Fsp3) is 0.143. The van der Waals surface area contributed by atoms with E-state index in [1.54, 1.807) is 0 Å². The Balaban J connectivity index is 3.35. The smallest absolute Gasteiger partial charge is 0.205 e. The minimum absolute atomic E-state index is 0.0921.